The molecule has 9 heteroatoms. The highest BCUT2D eigenvalue weighted by atomic mass is 35.5. The van der Waals surface area contributed by atoms with Gasteiger partial charge in [0.15, 0.2) is 0 Å². The second-order valence-electron chi connectivity index (χ2n) is 8.49. The number of halogens is 1. The molecule has 0 radical (unpaired) electrons. The van der Waals surface area contributed by atoms with Gasteiger partial charge in [-0.1, -0.05) is 11.6 Å². The summed E-state index contributed by atoms with van der Waals surface area (Å²) in [7, 11) is 2.92. The summed E-state index contributed by atoms with van der Waals surface area (Å²) in [5.41, 5.74) is -0.189. The van der Waals surface area contributed by atoms with Crippen molar-refractivity contribution < 1.29 is 23.9 Å². The van der Waals surface area contributed by atoms with Gasteiger partial charge in [0.05, 0.1) is 12.7 Å². The van der Waals surface area contributed by atoms with Gasteiger partial charge in [-0.2, -0.15) is 0 Å². The maximum Gasteiger partial charge on any atom is 0.410 e. The SMILES string of the molecule is CON(C)C(=O)c1cc(Cl)nc(O[C@H]2C[C@H]3CC[C@@H](C2)N3C(=O)OC(C)(C)C)c1. The number of carbonyl (C=O) groups is 2. The Kier molecular flexibility index (Phi) is 6.24. The summed E-state index contributed by atoms with van der Waals surface area (Å²) in [5, 5.41) is 1.28. The molecule has 1 aromatic heterocycles. The number of hydrogen-bond donors (Lipinski definition) is 0. The van der Waals surface area contributed by atoms with Crippen LogP contribution in [-0.2, 0) is 9.57 Å². The van der Waals surface area contributed by atoms with Crippen LogP contribution in [0.15, 0.2) is 12.1 Å². The smallest absolute Gasteiger partial charge is 0.410 e. The minimum Gasteiger partial charge on any atom is -0.474 e. The van der Waals surface area contributed by atoms with Crippen LogP contribution in [0, 0.1) is 0 Å². The Labute approximate surface area is 176 Å². The summed E-state index contributed by atoms with van der Waals surface area (Å²) >= 11 is 6.08. The standard InChI is InChI=1S/C20H28ClN3O5/c1-20(2,3)29-19(26)24-13-6-7-14(24)11-15(10-13)28-17-9-12(8-16(21)22-17)18(25)23(4)27-5/h8-9,13-15H,6-7,10-11H2,1-5H3/t13-,14+,15+. The van der Waals surface area contributed by atoms with E-state index >= 15 is 0 Å². The number of rotatable bonds is 4. The fraction of sp³-hybridized carbons (Fsp3) is 0.650. The largest absolute Gasteiger partial charge is 0.474 e. The molecule has 3 rings (SSSR count). The van der Waals surface area contributed by atoms with E-state index in [0.29, 0.717) is 24.3 Å². The van der Waals surface area contributed by atoms with E-state index in [-0.39, 0.29) is 35.3 Å². The van der Waals surface area contributed by atoms with Gasteiger partial charge < -0.3 is 14.4 Å². The highest BCUT2D eigenvalue weighted by Gasteiger charge is 2.45. The average Bonchev–Trinajstić information content (AvgIpc) is 2.89. The Hall–Kier alpha value is -2.06. The lowest BCUT2D eigenvalue weighted by Crippen LogP contribution is -2.50. The Morgan fingerprint density at radius 1 is 1.21 bits per heavy atom. The van der Waals surface area contributed by atoms with Gasteiger partial charge in [0, 0.05) is 38.0 Å². The molecule has 29 heavy (non-hydrogen) atoms. The summed E-state index contributed by atoms with van der Waals surface area (Å²) in [4.78, 5) is 35.9. The molecule has 0 aliphatic carbocycles. The number of nitrogens with zero attached hydrogens (tertiary/aromatic N) is 3. The van der Waals surface area contributed by atoms with E-state index in [1.807, 2.05) is 25.7 Å². The summed E-state index contributed by atoms with van der Waals surface area (Å²) in [6.45, 7) is 5.61. The molecule has 3 atom stereocenters. The molecule has 0 unspecified atom stereocenters. The van der Waals surface area contributed by atoms with Crippen molar-refractivity contribution in [2.24, 2.45) is 0 Å². The van der Waals surface area contributed by atoms with Gasteiger partial charge in [-0.3, -0.25) is 9.63 Å². The van der Waals surface area contributed by atoms with Gasteiger partial charge in [-0.15, -0.1) is 0 Å². The average molecular weight is 426 g/mol. The third-order valence-electron chi connectivity index (χ3n) is 5.16. The first kappa shape index (κ1) is 21.6. The molecule has 0 N–H and O–H groups in total. The summed E-state index contributed by atoms with van der Waals surface area (Å²) in [5.74, 6) is -0.0538. The molecule has 2 saturated heterocycles. The highest BCUT2D eigenvalue weighted by molar-refractivity contribution is 6.29. The molecule has 160 valence electrons. The molecule has 2 bridgehead atoms. The molecule has 0 saturated carbocycles. The van der Waals surface area contributed by atoms with Gasteiger partial charge in [-0.05, 0) is 39.7 Å². The Morgan fingerprint density at radius 2 is 1.83 bits per heavy atom. The van der Waals surface area contributed by atoms with Crippen LogP contribution in [0.25, 0.3) is 0 Å². The Bertz CT molecular complexity index is 768. The molecule has 1 aromatic rings. The molecule has 2 aliphatic rings. The van der Waals surface area contributed by atoms with E-state index in [4.69, 9.17) is 25.9 Å². The van der Waals surface area contributed by atoms with Crippen molar-refractivity contribution in [3.63, 3.8) is 0 Å². The van der Waals surface area contributed by atoms with E-state index in [2.05, 4.69) is 4.98 Å². The van der Waals surface area contributed by atoms with Crippen LogP contribution in [-0.4, -0.2) is 64.9 Å². The molecule has 3 heterocycles. The molecule has 8 nitrogen and oxygen atoms in total. The number of carbonyl (C=O) groups excluding carboxylic acids is 2. The van der Waals surface area contributed by atoms with E-state index < -0.39 is 5.60 Å². The zero-order valence-corrected chi connectivity index (χ0v) is 18.2. The zero-order valence-electron chi connectivity index (χ0n) is 17.5. The number of piperidine rings is 1. The molecule has 2 fully saturated rings. The number of aromatic nitrogens is 1. The predicted octanol–water partition coefficient (Wildman–Crippen LogP) is 3.68. The number of pyridine rings is 1. The van der Waals surface area contributed by atoms with Crippen molar-refractivity contribution in [3.8, 4) is 5.88 Å². The Morgan fingerprint density at radius 3 is 2.38 bits per heavy atom. The first-order chi connectivity index (χ1) is 13.6. The fourth-order valence-electron chi connectivity index (χ4n) is 3.93. The van der Waals surface area contributed by atoms with Crippen molar-refractivity contribution in [1.29, 1.82) is 0 Å². The molecule has 0 aromatic carbocycles. The van der Waals surface area contributed by atoms with Gasteiger partial charge in [0.25, 0.3) is 5.91 Å². The Balaban J connectivity index is 1.68. The molecule has 0 spiro atoms. The fourth-order valence-corrected chi connectivity index (χ4v) is 4.13. The lowest BCUT2D eigenvalue weighted by molar-refractivity contribution is -0.0757. The predicted molar refractivity (Wildman–Crippen MR) is 107 cm³/mol. The van der Waals surface area contributed by atoms with Gasteiger partial charge in [0.1, 0.15) is 16.9 Å². The summed E-state index contributed by atoms with van der Waals surface area (Å²) in [6.07, 6.45) is 2.85. The van der Waals surface area contributed by atoms with Crippen molar-refractivity contribution in [2.75, 3.05) is 14.2 Å². The first-order valence-corrected chi connectivity index (χ1v) is 10.1. The lowest BCUT2D eigenvalue weighted by atomic mass is 10.00. The topological polar surface area (TPSA) is 81.2 Å². The monoisotopic (exact) mass is 425 g/mol. The number of hydrogen-bond acceptors (Lipinski definition) is 6. The van der Waals surface area contributed by atoms with Gasteiger partial charge >= 0.3 is 6.09 Å². The number of fused-ring (bicyclic) bond motifs is 2. The van der Waals surface area contributed by atoms with Crippen molar-refractivity contribution in [3.05, 3.63) is 22.8 Å². The second kappa shape index (κ2) is 8.36. The normalized spacial score (nSPS) is 23.7. The quantitative estimate of drug-likeness (QED) is 0.540. The van der Waals surface area contributed by atoms with Crippen LogP contribution < -0.4 is 4.74 Å². The molecular weight excluding hydrogens is 398 g/mol. The lowest BCUT2D eigenvalue weighted by Gasteiger charge is -2.39. The van der Waals surface area contributed by atoms with E-state index in [9.17, 15) is 9.59 Å². The van der Waals surface area contributed by atoms with E-state index in [1.165, 1.54) is 20.2 Å². The van der Waals surface area contributed by atoms with Gasteiger partial charge in [-0.25, -0.2) is 14.8 Å². The van der Waals surface area contributed by atoms with Crippen LogP contribution in [0.1, 0.15) is 56.8 Å². The maximum atomic E-state index is 12.6. The summed E-state index contributed by atoms with van der Waals surface area (Å²) < 4.78 is 11.6. The first-order valence-electron chi connectivity index (χ1n) is 9.75. The van der Waals surface area contributed by atoms with E-state index in [0.717, 1.165) is 17.9 Å². The van der Waals surface area contributed by atoms with Crippen LogP contribution in [0.3, 0.4) is 0 Å². The highest BCUT2D eigenvalue weighted by Crippen LogP contribution is 2.38. The number of ether oxygens (including phenoxy) is 2. The van der Waals surface area contributed by atoms with Crippen LogP contribution in [0.2, 0.25) is 5.15 Å². The second-order valence-corrected chi connectivity index (χ2v) is 8.87. The third kappa shape index (κ3) is 5.11. The van der Waals surface area contributed by atoms with Crippen LogP contribution >= 0.6 is 11.6 Å². The van der Waals surface area contributed by atoms with Crippen LogP contribution in [0.4, 0.5) is 4.79 Å². The van der Waals surface area contributed by atoms with Crippen molar-refractivity contribution in [2.45, 2.75) is 70.2 Å². The third-order valence-corrected chi connectivity index (χ3v) is 5.35. The van der Waals surface area contributed by atoms with Crippen molar-refractivity contribution in [1.82, 2.24) is 14.9 Å². The number of hydroxylamine groups is 2. The van der Waals surface area contributed by atoms with E-state index in [1.54, 1.807) is 6.07 Å². The van der Waals surface area contributed by atoms with Gasteiger partial charge in [0.2, 0.25) is 5.88 Å². The van der Waals surface area contributed by atoms with Crippen LogP contribution in [0.5, 0.6) is 5.88 Å². The van der Waals surface area contributed by atoms with Crippen molar-refractivity contribution >= 4 is 23.6 Å². The minimum absolute atomic E-state index is 0.0773. The zero-order chi connectivity index (χ0) is 21.3. The maximum absolute atomic E-state index is 12.6. The molecule has 2 amide bonds. The molecule has 2 aliphatic heterocycles. The molecular formula is C20H28ClN3O5. The summed E-state index contributed by atoms with van der Waals surface area (Å²) in [6, 6.07) is 3.19. The number of amides is 2. The minimum atomic E-state index is -0.521.